The van der Waals surface area contributed by atoms with Gasteiger partial charge in [0.2, 0.25) is 0 Å². The van der Waals surface area contributed by atoms with Gasteiger partial charge < -0.3 is 10.6 Å². The Hall–Kier alpha value is 1.62. The second-order valence-electron chi connectivity index (χ2n) is 1.20. The van der Waals surface area contributed by atoms with E-state index >= 15 is 0 Å². The molecule has 0 aromatic heterocycles. The summed E-state index contributed by atoms with van der Waals surface area (Å²) >= 11 is 0. The van der Waals surface area contributed by atoms with Crippen molar-refractivity contribution in [2.24, 2.45) is 5.73 Å². The molecule has 0 bridgehead atoms. The van der Waals surface area contributed by atoms with Crippen molar-refractivity contribution in [3.05, 3.63) is 0 Å². The third-order valence-corrected chi connectivity index (χ3v) is 0.939. The smallest absolute Gasteiger partial charge is 0.566 e. The van der Waals surface area contributed by atoms with Crippen LogP contribution in [0.15, 0.2) is 0 Å². The van der Waals surface area contributed by atoms with Gasteiger partial charge in [-0.2, -0.15) is 0 Å². The van der Waals surface area contributed by atoms with Crippen LogP contribution in [0, 0.1) is 0 Å². The molecule has 0 amide bonds. The van der Waals surface area contributed by atoms with Crippen LogP contribution in [-0.4, -0.2) is 13.2 Å². The molecule has 2 N–H and O–H groups in total. The zero-order chi connectivity index (χ0) is 6.41. The quantitative estimate of drug-likeness (QED) is 0.272. The molecule has 0 rings (SSSR count). The molecule has 0 aliphatic carbocycles. The number of nitrogens with two attached hydrogens (primary N) is 1. The van der Waals surface area contributed by atoms with Gasteiger partial charge in [0, 0.05) is 0 Å². The van der Waals surface area contributed by atoms with Crippen LogP contribution in [0.4, 0.5) is 0 Å². The minimum atomic E-state index is -2.67. The predicted octanol–water partition coefficient (Wildman–Crippen LogP) is -3.63. The molecule has 0 heterocycles. The Balaban J connectivity index is 0. The average molecular weight is 176 g/mol. The van der Waals surface area contributed by atoms with E-state index in [4.69, 9.17) is 5.73 Å². The second-order valence-corrected chi connectivity index (χ2v) is 1.90. The molecule has 1 unspecified atom stereocenters. The van der Waals surface area contributed by atoms with Gasteiger partial charge in [0.25, 0.3) is 0 Å². The molecule has 0 radical (unpaired) electrons. The molecule has 0 saturated carbocycles. The molecule has 6 heteroatoms. The van der Waals surface area contributed by atoms with Gasteiger partial charge in [-0.15, -0.1) is 4.52 Å². The van der Waals surface area contributed by atoms with Gasteiger partial charge in [0.1, 0.15) is 6.61 Å². The molecule has 0 aromatic carbocycles. The first-order valence-electron chi connectivity index (χ1n) is 2.24. The molecule has 1 atom stereocenters. The van der Waals surface area contributed by atoms with Gasteiger partial charge in [-0.3, -0.25) is 0 Å². The van der Waals surface area contributed by atoms with Crippen molar-refractivity contribution in [3.8, 4) is 0 Å². The number of hydrogen-bond acceptors (Lipinski definition) is 4. The minimum absolute atomic E-state index is 0. The molecule has 0 fully saturated rings. The van der Waals surface area contributed by atoms with E-state index in [1.807, 2.05) is 0 Å². The first-order chi connectivity index (χ1) is 3.77. The number of rotatable bonds is 4. The Bertz CT molecular complexity index is 81.5. The van der Waals surface area contributed by atoms with Crippen LogP contribution < -0.4 is 62.0 Å². The van der Waals surface area contributed by atoms with Crippen LogP contribution in [-0.2, 0) is 9.09 Å². The Kier molecular flexibility index (Phi) is 14.1. The maximum Gasteiger partial charge on any atom is 1.00 e. The van der Waals surface area contributed by atoms with Crippen molar-refractivity contribution in [1.82, 2.24) is 0 Å². The van der Waals surface area contributed by atoms with Gasteiger partial charge in [-0.05, 0) is 17.5 Å². The van der Waals surface area contributed by atoms with Crippen molar-refractivity contribution in [1.29, 1.82) is 0 Å². The largest absolute Gasteiger partial charge is 1.00 e. The van der Waals surface area contributed by atoms with E-state index in [9.17, 15) is 9.46 Å². The monoisotopic (exact) mass is 176 g/mol. The molecule has 0 aromatic rings. The van der Waals surface area contributed by atoms with E-state index in [0.29, 0.717) is 13.0 Å². The van der Waals surface area contributed by atoms with Crippen LogP contribution in [0.1, 0.15) is 6.42 Å². The summed E-state index contributed by atoms with van der Waals surface area (Å²) in [5, 5.41) is 0. The van der Waals surface area contributed by atoms with E-state index in [2.05, 4.69) is 4.52 Å². The van der Waals surface area contributed by atoms with Crippen molar-refractivity contribution >= 4 is 8.25 Å². The van der Waals surface area contributed by atoms with Crippen LogP contribution in [0.3, 0.4) is 0 Å². The summed E-state index contributed by atoms with van der Waals surface area (Å²) < 4.78 is 13.8. The van der Waals surface area contributed by atoms with Gasteiger partial charge in [0.05, 0.1) is 0 Å². The topological polar surface area (TPSA) is 75.4 Å². The van der Waals surface area contributed by atoms with Crippen LogP contribution in [0.25, 0.3) is 0 Å². The SMILES string of the molecule is NCCCO[P+](=O)[O-].[K+]. The Morgan fingerprint density at radius 1 is 1.67 bits per heavy atom. The van der Waals surface area contributed by atoms with E-state index < -0.39 is 8.25 Å². The van der Waals surface area contributed by atoms with Crippen molar-refractivity contribution in [2.45, 2.75) is 6.42 Å². The van der Waals surface area contributed by atoms with Gasteiger partial charge >= 0.3 is 59.6 Å². The summed E-state index contributed by atoms with van der Waals surface area (Å²) in [6.07, 6.45) is 0.587. The maximum absolute atomic E-state index is 9.65. The van der Waals surface area contributed by atoms with Crippen LogP contribution in [0.5, 0.6) is 0 Å². The molecule has 0 aliphatic rings. The third kappa shape index (κ3) is 12.7. The van der Waals surface area contributed by atoms with Crippen molar-refractivity contribution < 1.29 is 65.4 Å². The molecule has 4 nitrogen and oxygen atoms in total. The Morgan fingerprint density at radius 3 is 2.56 bits per heavy atom. The average Bonchev–Trinajstić information content (AvgIpc) is 1.66. The third-order valence-electron chi connectivity index (χ3n) is 0.545. The second kappa shape index (κ2) is 9.62. The summed E-state index contributed by atoms with van der Waals surface area (Å²) in [5.41, 5.74) is 5.04. The minimum Gasteiger partial charge on any atom is -0.566 e. The first-order valence-corrected chi connectivity index (χ1v) is 3.34. The zero-order valence-electron chi connectivity index (χ0n) is 5.37. The summed E-state index contributed by atoms with van der Waals surface area (Å²) in [6.45, 7) is 0.665. The molecule has 0 spiro atoms. The summed E-state index contributed by atoms with van der Waals surface area (Å²) in [5.74, 6) is 0. The molecule has 48 valence electrons. The normalized spacial score (nSPS) is 10.2. The Morgan fingerprint density at radius 2 is 2.22 bits per heavy atom. The fourth-order valence-electron chi connectivity index (χ4n) is 0.222. The van der Waals surface area contributed by atoms with Crippen molar-refractivity contribution in [3.63, 3.8) is 0 Å². The molecule has 0 aliphatic heterocycles. The van der Waals surface area contributed by atoms with Gasteiger partial charge in [0.15, 0.2) is 0 Å². The van der Waals surface area contributed by atoms with Crippen LogP contribution >= 0.6 is 8.25 Å². The molecule has 0 saturated heterocycles. The number of hydrogen-bond donors (Lipinski definition) is 1. The zero-order valence-corrected chi connectivity index (χ0v) is 9.39. The van der Waals surface area contributed by atoms with E-state index in [1.165, 1.54) is 0 Å². The van der Waals surface area contributed by atoms with E-state index in [0.717, 1.165) is 0 Å². The molecular weight excluding hydrogens is 168 g/mol. The van der Waals surface area contributed by atoms with Gasteiger partial charge in [-0.1, -0.05) is 0 Å². The fourth-order valence-corrected chi connectivity index (χ4v) is 0.501. The molecular formula is C3H8KNO3P+. The fraction of sp³-hybridized carbons (Fsp3) is 1.00. The van der Waals surface area contributed by atoms with E-state index in [-0.39, 0.29) is 58.0 Å². The van der Waals surface area contributed by atoms with Gasteiger partial charge in [-0.25, -0.2) is 0 Å². The van der Waals surface area contributed by atoms with Crippen LogP contribution in [0.2, 0.25) is 0 Å². The standard InChI is InChI=1S/C3H8NO3P.K/c4-2-1-3-7-8(5)6;/h1-4H2;/q;+1. The maximum atomic E-state index is 9.65. The van der Waals surface area contributed by atoms with E-state index in [1.54, 1.807) is 0 Å². The summed E-state index contributed by atoms with van der Waals surface area (Å²) in [6, 6.07) is 0. The summed E-state index contributed by atoms with van der Waals surface area (Å²) in [7, 11) is -2.67. The first kappa shape index (κ1) is 13.2. The Labute approximate surface area is 97.5 Å². The van der Waals surface area contributed by atoms with Crippen molar-refractivity contribution in [2.75, 3.05) is 13.2 Å². The summed E-state index contributed by atoms with van der Waals surface area (Å²) in [4.78, 5) is 9.65. The predicted molar refractivity (Wildman–Crippen MR) is 27.2 cm³/mol. The molecule has 9 heavy (non-hydrogen) atoms.